The van der Waals surface area contributed by atoms with Gasteiger partial charge in [-0.2, -0.15) is 0 Å². The van der Waals surface area contributed by atoms with Gasteiger partial charge in [0.15, 0.2) is 12.1 Å². The molecule has 0 aliphatic heterocycles. The Bertz CT molecular complexity index is 603. The van der Waals surface area contributed by atoms with Gasteiger partial charge in [-0.05, 0) is 25.7 Å². The van der Waals surface area contributed by atoms with Crippen LogP contribution in [0.4, 0.5) is 0 Å². The summed E-state index contributed by atoms with van der Waals surface area (Å²) in [4.78, 5) is 19.5. The van der Waals surface area contributed by atoms with E-state index < -0.39 is 11.9 Å². The molecule has 26 heavy (non-hydrogen) atoms. The average Bonchev–Trinajstić information content (AvgIpc) is 2.66. The van der Waals surface area contributed by atoms with E-state index in [0.717, 1.165) is 0 Å². The highest BCUT2D eigenvalue weighted by molar-refractivity contribution is 5.65. The molecule has 0 fully saturated rings. The second-order valence-corrected chi connectivity index (χ2v) is 5.99. The lowest BCUT2D eigenvalue weighted by Crippen LogP contribution is -2.68. The van der Waals surface area contributed by atoms with Crippen LogP contribution in [0.25, 0.3) is 0 Å². The summed E-state index contributed by atoms with van der Waals surface area (Å²) in [7, 11) is 0. The van der Waals surface area contributed by atoms with Crippen molar-refractivity contribution in [3.63, 3.8) is 0 Å². The molecular formula is C20H26N2O4. The maximum atomic E-state index is 9.77. The number of hydrogen-bond acceptors (Lipinski definition) is 4. The first-order chi connectivity index (χ1) is 12.4. The number of aliphatic carboxylic acids is 2. The molecule has 0 amide bonds. The van der Waals surface area contributed by atoms with E-state index in [9.17, 15) is 19.8 Å². The molecule has 2 rings (SSSR count). The lowest BCUT2D eigenvalue weighted by atomic mass is 9.95. The first-order valence-corrected chi connectivity index (χ1v) is 8.57. The summed E-state index contributed by atoms with van der Waals surface area (Å²) in [5.41, 5.74) is 10.9. The van der Waals surface area contributed by atoms with E-state index in [0.29, 0.717) is 12.8 Å². The molecular weight excluding hydrogens is 332 g/mol. The van der Waals surface area contributed by atoms with E-state index in [4.69, 9.17) is 0 Å². The number of unbranched alkanes of at least 4 members (excludes halogenated alkanes) is 1. The van der Waals surface area contributed by atoms with Crippen LogP contribution in [0.5, 0.6) is 0 Å². The van der Waals surface area contributed by atoms with Crippen LogP contribution in [0.15, 0.2) is 60.7 Å². The van der Waals surface area contributed by atoms with Crippen molar-refractivity contribution in [1.29, 1.82) is 0 Å². The van der Waals surface area contributed by atoms with Gasteiger partial charge >= 0.3 is 0 Å². The van der Waals surface area contributed by atoms with Crippen LogP contribution in [0.1, 0.15) is 48.9 Å². The summed E-state index contributed by atoms with van der Waals surface area (Å²) in [6.45, 7) is 0. The summed E-state index contributed by atoms with van der Waals surface area (Å²) in [6.07, 6.45) is 0.535. The first kappa shape index (κ1) is 21.3. The van der Waals surface area contributed by atoms with Crippen molar-refractivity contribution >= 4 is 11.9 Å². The molecule has 0 saturated heterocycles. The summed E-state index contributed by atoms with van der Waals surface area (Å²) in [5, 5.41) is 19.5. The van der Waals surface area contributed by atoms with Crippen molar-refractivity contribution in [2.45, 2.75) is 37.8 Å². The molecule has 6 nitrogen and oxygen atoms in total. The van der Waals surface area contributed by atoms with Crippen LogP contribution in [-0.4, -0.2) is 11.9 Å². The number of quaternary nitrogens is 2. The number of carbonyl (C=O) groups excluding carboxylic acids is 2. The van der Waals surface area contributed by atoms with Crippen molar-refractivity contribution in [2.24, 2.45) is 0 Å². The third-order valence-corrected chi connectivity index (χ3v) is 3.95. The van der Waals surface area contributed by atoms with Crippen LogP contribution in [0.3, 0.4) is 0 Å². The molecule has 0 aromatic heterocycles. The topological polar surface area (TPSA) is 136 Å². The zero-order valence-electron chi connectivity index (χ0n) is 14.8. The maximum absolute atomic E-state index is 9.77. The maximum Gasteiger partial charge on any atom is 0.167 e. The Labute approximate surface area is 153 Å². The largest absolute Gasteiger partial charge is 0.550 e. The predicted octanol–water partition coefficient (Wildman–Crippen LogP) is -1.00. The number of carboxylic acid groups (broad SMARTS) is 2. The highest BCUT2D eigenvalue weighted by Gasteiger charge is 2.23. The van der Waals surface area contributed by atoms with Crippen molar-refractivity contribution in [2.75, 3.05) is 0 Å². The van der Waals surface area contributed by atoms with Gasteiger partial charge in [0.1, 0.15) is 0 Å². The fraction of sp³-hybridized carbons (Fsp3) is 0.300. The standard InChI is InChI=1S/C14H16N2.C6H10O4/c15-13(11-7-3-1-4-8-11)14(16)12-9-5-2-6-10-12;7-5(8)3-1-2-4-6(9)10/h1-10,13-14H,15-16H2;1-4H2,(H,7,8)(H,9,10)/t13-,14+;. The smallest absolute Gasteiger partial charge is 0.167 e. The molecule has 0 unspecified atom stereocenters. The molecule has 0 aliphatic rings. The van der Waals surface area contributed by atoms with Gasteiger partial charge in [0, 0.05) is 23.1 Å². The zero-order chi connectivity index (χ0) is 19.4. The second kappa shape index (κ2) is 11.8. The van der Waals surface area contributed by atoms with E-state index in [1.165, 1.54) is 11.1 Å². The summed E-state index contributed by atoms with van der Waals surface area (Å²) >= 11 is 0. The van der Waals surface area contributed by atoms with Crippen LogP contribution in [-0.2, 0) is 9.59 Å². The van der Waals surface area contributed by atoms with Gasteiger partial charge in [0.2, 0.25) is 0 Å². The van der Waals surface area contributed by atoms with Crippen LogP contribution >= 0.6 is 0 Å². The summed E-state index contributed by atoms with van der Waals surface area (Å²) < 4.78 is 0. The monoisotopic (exact) mass is 358 g/mol. The normalized spacial score (nSPS) is 12.4. The van der Waals surface area contributed by atoms with E-state index in [-0.39, 0.29) is 24.9 Å². The van der Waals surface area contributed by atoms with Gasteiger partial charge in [-0.1, -0.05) is 60.7 Å². The van der Waals surface area contributed by atoms with Crippen molar-refractivity contribution < 1.29 is 31.3 Å². The Morgan fingerprint density at radius 1 is 0.692 bits per heavy atom. The minimum Gasteiger partial charge on any atom is -0.550 e. The van der Waals surface area contributed by atoms with Gasteiger partial charge in [0.05, 0.1) is 0 Å². The van der Waals surface area contributed by atoms with Crippen molar-refractivity contribution in [3.05, 3.63) is 71.8 Å². The number of benzene rings is 2. The van der Waals surface area contributed by atoms with Crippen LogP contribution in [0.2, 0.25) is 0 Å². The predicted molar refractivity (Wildman–Crippen MR) is 92.6 cm³/mol. The molecule has 0 saturated carbocycles. The molecule has 2 atom stereocenters. The van der Waals surface area contributed by atoms with Gasteiger partial charge in [0.25, 0.3) is 0 Å². The number of carbonyl (C=O) groups is 2. The first-order valence-electron chi connectivity index (χ1n) is 8.57. The lowest BCUT2D eigenvalue weighted by Gasteiger charge is -2.14. The minimum atomic E-state index is -1.14. The van der Waals surface area contributed by atoms with E-state index in [1.54, 1.807) is 0 Å². The van der Waals surface area contributed by atoms with Gasteiger partial charge in [-0.3, -0.25) is 0 Å². The number of hydrogen-bond donors (Lipinski definition) is 2. The fourth-order valence-electron chi connectivity index (χ4n) is 2.40. The van der Waals surface area contributed by atoms with Gasteiger partial charge in [-0.25, -0.2) is 0 Å². The molecule has 0 radical (unpaired) electrons. The Morgan fingerprint density at radius 3 is 1.27 bits per heavy atom. The van der Waals surface area contributed by atoms with Crippen molar-refractivity contribution in [1.82, 2.24) is 0 Å². The number of rotatable bonds is 8. The lowest BCUT2D eigenvalue weighted by molar-refractivity contribution is -0.540. The van der Waals surface area contributed by atoms with E-state index >= 15 is 0 Å². The third kappa shape index (κ3) is 8.41. The molecule has 0 heterocycles. The highest BCUT2D eigenvalue weighted by atomic mass is 16.4. The number of carboxylic acids is 2. The Kier molecular flexibility index (Phi) is 9.67. The molecule has 2 aromatic carbocycles. The van der Waals surface area contributed by atoms with Crippen LogP contribution in [0, 0.1) is 0 Å². The molecule has 6 N–H and O–H groups in total. The van der Waals surface area contributed by atoms with Gasteiger partial charge in [-0.15, -0.1) is 0 Å². The Balaban J connectivity index is 0.000000294. The average molecular weight is 358 g/mol. The molecule has 0 spiro atoms. The quantitative estimate of drug-likeness (QED) is 0.585. The molecule has 0 bridgehead atoms. The fourth-order valence-corrected chi connectivity index (χ4v) is 2.40. The Hall–Kier alpha value is -2.70. The minimum absolute atomic E-state index is 0.0761. The molecule has 0 aliphatic carbocycles. The second-order valence-electron chi connectivity index (χ2n) is 5.99. The van der Waals surface area contributed by atoms with Gasteiger partial charge < -0.3 is 31.3 Å². The van der Waals surface area contributed by atoms with E-state index in [2.05, 4.69) is 35.7 Å². The SMILES string of the molecule is O=C([O-])CCCCC(=O)[O-].[NH3+][C@H](c1ccccc1)[C@@H]([NH3+])c1ccccc1. The van der Waals surface area contributed by atoms with Crippen molar-refractivity contribution in [3.8, 4) is 0 Å². The Morgan fingerprint density at radius 2 is 1.00 bits per heavy atom. The highest BCUT2D eigenvalue weighted by Crippen LogP contribution is 2.20. The summed E-state index contributed by atoms with van der Waals surface area (Å²) in [6, 6.07) is 21.1. The third-order valence-electron chi connectivity index (χ3n) is 3.95. The summed E-state index contributed by atoms with van der Waals surface area (Å²) in [5.74, 6) is -2.28. The molecule has 140 valence electrons. The zero-order valence-corrected chi connectivity index (χ0v) is 14.8. The molecule has 6 heteroatoms. The molecule has 2 aromatic rings. The van der Waals surface area contributed by atoms with E-state index in [1.807, 2.05) is 36.4 Å². The van der Waals surface area contributed by atoms with Crippen LogP contribution < -0.4 is 21.7 Å².